The highest BCUT2D eigenvalue weighted by molar-refractivity contribution is 9.09. The molecule has 14 heavy (non-hydrogen) atoms. The Bertz CT molecular complexity index is 268. The summed E-state index contributed by atoms with van der Waals surface area (Å²) in [5.41, 5.74) is 0. The Kier molecular flexibility index (Phi) is 4.66. The Balaban J connectivity index is 2.45. The standard InChI is InChI=1S/C11H19BrN2/c1-4-14-8-7-13-11(14)6-5-10(12)9(2)3/h7-10H,4-6H2,1-3H3. The second kappa shape index (κ2) is 5.54. The molecular formula is C11H19BrN2. The molecule has 1 aromatic rings. The lowest BCUT2D eigenvalue weighted by Gasteiger charge is -2.13. The van der Waals surface area contributed by atoms with Crippen molar-refractivity contribution in [3.63, 3.8) is 0 Å². The van der Waals surface area contributed by atoms with Crippen LogP contribution in [0.15, 0.2) is 12.4 Å². The molecule has 0 aliphatic rings. The summed E-state index contributed by atoms with van der Waals surface area (Å²) in [6.07, 6.45) is 6.16. The molecule has 0 aromatic carbocycles. The summed E-state index contributed by atoms with van der Waals surface area (Å²) >= 11 is 3.70. The number of aryl methyl sites for hydroxylation is 2. The molecule has 0 saturated heterocycles. The first-order chi connectivity index (χ1) is 6.65. The molecule has 0 N–H and O–H groups in total. The molecule has 0 spiro atoms. The smallest absolute Gasteiger partial charge is 0.108 e. The van der Waals surface area contributed by atoms with Gasteiger partial charge in [-0.3, -0.25) is 0 Å². The summed E-state index contributed by atoms with van der Waals surface area (Å²) in [6, 6.07) is 0. The van der Waals surface area contributed by atoms with Crippen LogP contribution in [0.25, 0.3) is 0 Å². The third kappa shape index (κ3) is 3.12. The largest absolute Gasteiger partial charge is 0.335 e. The maximum atomic E-state index is 4.36. The van der Waals surface area contributed by atoms with Gasteiger partial charge in [0.15, 0.2) is 0 Å². The number of alkyl halides is 1. The van der Waals surface area contributed by atoms with Crippen LogP contribution in [-0.2, 0) is 13.0 Å². The Morgan fingerprint density at radius 2 is 2.21 bits per heavy atom. The molecule has 1 aromatic heterocycles. The summed E-state index contributed by atoms with van der Waals surface area (Å²) in [6.45, 7) is 7.65. The summed E-state index contributed by atoms with van der Waals surface area (Å²) in [5, 5.41) is 0. The zero-order chi connectivity index (χ0) is 10.6. The number of halogens is 1. The lowest BCUT2D eigenvalue weighted by atomic mass is 10.1. The van der Waals surface area contributed by atoms with Crippen LogP contribution in [0.5, 0.6) is 0 Å². The fourth-order valence-corrected chi connectivity index (χ4v) is 1.69. The molecular weight excluding hydrogens is 240 g/mol. The minimum absolute atomic E-state index is 0.601. The summed E-state index contributed by atoms with van der Waals surface area (Å²) < 4.78 is 2.21. The summed E-state index contributed by atoms with van der Waals surface area (Å²) in [4.78, 5) is 4.96. The van der Waals surface area contributed by atoms with Crippen molar-refractivity contribution < 1.29 is 0 Å². The van der Waals surface area contributed by atoms with Gasteiger partial charge in [-0.2, -0.15) is 0 Å². The fraction of sp³-hybridized carbons (Fsp3) is 0.727. The van der Waals surface area contributed by atoms with Gasteiger partial charge < -0.3 is 4.57 Å². The van der Waals surface area contributed by atoms with Gasteiger partial charge in [-0.05, 0) is 19.3 Å². The van der Waals surface area contributed by atoms with Crippen molar-refractivity contribution in [3.8, 4) is 0 Å². The molecule has 1 unspecified atom stereocenters. The van der Waals surface area contributed by atoms with E-state index in [-0.39, 0.29) is 0 Å². The van der Waals surface area contributed by atoms with E-state index in [4.69, 9.17) is 0 Å². The number of nitrogens with zero attached hydrogens (tertiary/aromatic N) is 2. The molecule has 1 atom stereocenters. The minimum Gasteiger partial charge on any atom is -0.335 e. The van der Waals surface area contributed by atoms with Crippen molar-refractivity contribution in [2.45, 2.75) is 45.0 Å². The quantitative estimate of drug-likeness (QED) is 0.742. The van der Waals surface area contributed by atoms with E-state index < -0.39 is 0 Å². The van der Waals surface area contributed by atoms with Gasteiger partial charge in [0, 0.05) is 30.2 Å². The van der Waals surface area contributed by atoms with E-state index in [1.54, 1.807) is 0 Å². The lowest BCUT2D eigenvalue weighted by Crippen LogP contribution is -2.10. The Hall–Kier alpha value is -0.310. The molecule has 2 nitrogen and oxygen atoms in total. The van der Waals surface area contributed by atoms with Crippen molar-refractivity contribution in [2.75, 3.05) is 0 Å². The predicted octanol–water partition coefficient (Wildman–Crippen LogP) is 3.26. The van der Waals surface area contributed by atoms with E-state index in [1.165, 1.54) is 5.82 Å². The Morgan fingerprint density at radius 3 is 2.79 bits per heavy atom. The highest BCUT2D eigenvalue weighted by atomic mass is 79.9. The highest BCUT2D eigenvalue weighted by Crippen LogP contribution is 2.17. The topological polar surface area (TPSA) is 17.8 Å². The predicted molar refractivity (Wildman–Crippen MR) is 63.8 cm³/mol. The molecule has 0 aliphatic carbocycles. The van der Waals surface area contributed by atoms with Gasteiger partial charge in [-0.15, -0.1) is 0 Å². The van der Waals surface area contributed by atoms with Gasteiger partial charge in [0.25, 0.3) is 0 Å². The van der Waals surface area contributed by atoms with Gasteiger partial charge in [0.1, 0.15) is 5.82 Å². The first-order valence-electron chi connectivity index (χ1n) is 5.29. The number of aromatic nitrogens is 2. The van der Waals surface area contributed by atoms with Gasteiger partial charge in [0.05, 0.1) is 0 Å². The van der Waals surface area contributed by atoms with Crippen LogP contribution in [0.1, 0.15) is 33.0 Å². The highest BCUT2D eigenvalue weighted by Gasteiger charge is 2.10. The number of rotatable bonds is 5. The molecule has 3 heteroatoms. The van der Waals surface area contributed by atoms with Gasteiger partial charge in [-0.25, -0.2) is 4.98 Å². The molecule has 0 aliphatic heterocycles. The van der Waals surface area contributed by atoms with E-state index in [1.807, 2.05) is 12.4 Å². The number of hydrogen-bond donors (Lipinski definition) is 0. The molecule has 0 saturated carbocycles. The second-order valence-electron chi connectivity index (χ2n) is 3.93. The monoisotopic (exact) mass is 258 g/mol. The van der Waals surface area contributed by atoms with Crippen LogP contribution in [0.2, 0.25) is 0 Å². The van der Waals surface area contributed by atoms with E-state index in [0.29, 0.717) is 10.7 Å². The van der Waals surface area contributed by atoms with Gasteiger partial charge >= 0.3 is 0 Å². The average Bonchev–Trinajstić information content (AvgIpc) is 2.60. The van der Waals surface area contributed by atoms with Crippen LogP contribution >= 0.6 is 15.9 Å². The minimum atomic E-state index is 0.601. The zero-order valence-corrected chi connectivity index (χ0v) is 10.8. The van der Waals surface area contributed by atoms with Crippen molar-refractivity contribution >= 4 is 15.9 Å². The summed E-state index contributed by atoms with van der Waals surface area (Å²) in [7, 11) is 0. The summed E-state index contributed by atoms with van der Waals surface area (Å²) in [5.74, 6) is 1.90. The zero-order valence-electron chi connectivity index (χ0n) is 9.20. The van der Waals surface area contributed by atoms with Gasteiger partial charge in [-0.1, -0.05) is 29.8 Å². The van der Waals surface area contributed by atoms with Crippen molar-refractivity contribution in [1.82, 2.24) is 9.55 Å². The maximum Gasteiger partial charge on any atom is 0.108 e. The maximum absolute atomic E-state index is 4.36. The molecule has 80 valence electrons. The van der Waals surface area contributed by atoms with E-state index in [2.05, 4.69) is 46.3 Å². The van der Waals surface area contributed by atoms with Crippen molar-refractivity contribution in [3.05, 3.63) is 18.2 Å². The average molecular weight is 259 g/mol. The van der Waals surface area contributed by atoms with Crippen LogP contribution < -0.4 is 0 Å². The first-order valence-corrected chi connectivity index (χ1v) is 6.20. The molecule has 0 fully saturated rings. The number of imidazole rings is 1. The van der Waals surface area contributed by atoms with Crippen LogP contribution in [-0.4, -0.2) is 14.4 Å². The third-order valence-electron chi connectivity index (χ3n) is 2.51. The van der Waals surface area contributed by atoms with E-state index >= 15 is 0 Å². The SMILES string of the molecule is CCn1ccnc1CCC(Br)C(C)C. The normalized spacial score (nSPS) is 13.5. The molecule has 0 radical (unpaired) electrons. The van der Waals surface area contributed by atoms with Gasteiger partial charge in [0.2, 0.25) is 0 Å². The van der Waals surface area contributed by atoms with Crippen LogP contribution in [0.4, 0.5) is 0 Å². The van der Waals surface area contributed by atoms with Crippen molar-refractivity contribution in [2.24, 2.45) is 5.92 Å². The second-order valence-corrected chi connectivity index (χ2v) is 5.10. The first kappa shape index (κ1) is 11.8. The van der Waals surface area contributed by atoms with E-state index in [0.717, 1.165) is 19.4 Å². The third-order valence-corrected chi connectivity index (χ3v) is 4.02. The lowest BCUT2D eigenvalue weighted by molar-refractivity contribution is 0.563. The Labute approximate surface area is 94.9 Å². The molecule has 0 bridgehead atoms. The van der Waals surface area contributed by atoms with Crippen molar-refractivity contribution in [1.29, 1.82) is 0 Å². The fourth-order valence-electron chi connectivity index (χ4n) is 1.46. The van der Waals surface area contributed by atoms with Crippen LogP contribution in [0.3, 0.4) is 0 Å². The van der Waals surface area contributed by atoms with Crippen LogP contribution in [0, 0.1) is 5.92 Å². The number of hydrogen-bond acceptors (Lipinski definition) is 1. The molecule has 1 heterocycles. The molecule has 1 rings (SSSR count). The molecule has 0 amide bonds. The van der Waals surface area contributed by atoms with E-state index in [9.17, 15) is 0 Å². The Morgan fingerprint density at radius 1 is 1.50 bits per heavy atom.